The van der Waals surface area contributed by atoms with Gasteiger partial charge in [0.2, 0.25) is 0 Å². The molecule has 64 valence electrons. The van der Waals surface area contributed by atoms with E-state index in [2.05, 4.69) is 50.5 Å². The lowest BCUT2D eigenvalue weighted by Crippen LogP contribution is -1.87. The van der Waals surface area contributed by atoms with Crippen LogP contribution in [0.15, 0.2) is 25.6 Å². The fourth-order valence-corrected chi connectivity index (χ4v) is 1.83. The van der Waals surface area contributed by atoms with Gasteiger partial charge in [-0.05, 0) is 6.07 Å². The maximum absolute atomic E-state index is 10.5. The van der Waals surface area contributed by atoms with Crippen LogP contribution in [0.5, 0.6) is 0 Å². The summed E-state index contributed by atoms with van der Waals surface area (Å²) in [5, 5.41) is 0. The van der Waals surface area contributed by atoms with Gasteiger partial charge >= 0.3 is 0 Å². The highest BCUT2D eigenvalue weighted by molar-refractivity contribution is 7.86. The fraction of sp³-hybridized carbons (Fsp3) is 0. The van der Waals surface area contributed by atoms with E-state index < -0.39 is 0 Å². The molecular formula is C7H6OS4. The smallest absolute Gasteiger partial charge is 0.151 e. The molecule has 0 aliphatic heterocycles. The average Bonchev–Trinajstić information content (AvgIpc) is 2.08. The minimum absolute atomic E-state index is 0.478. The Hall–Kier alpha value is 0.290. The average molecular weight is 234 g/mol. The molecule has 12 heavy (non-hydrogen) atoms. The van der Waals surface area contributed by atoms with Crippen LogP contribution in [0.25, 0.3) is 0 Å². The van der Waals surface area contributed by atoms with Crippen molar-refractivity contribution in [3.05, 3.63) is 11.6 Å². The Labute approximate surface area is 92.6 Å². The van der Waals surface area contributed by atoms with Crippen LogP contribution in [-0.2, 0) is 0 Å². The predicted molar refractivity (Wildman–Crippen MR) is 60.8 cm³/mol. The summed E-state index contributed by atoms with van der Waals surface area (Å²) in [6.45, 7) is 0. The molecule has 0 N–H and O–H groups in total. The number of hydrogen-bond donors (Lipinski definition) is 4. The summed E-state index contributed by atoms with van der Waals surface area (Å²) < 4.78 is 0. The maximum atomic E-state index is 10.5. The van der Waals surface area contributed by atoms with Crippen LogP contribution in [0.3, 0.4) is 0 Å². The number of hydrogen-bond acceptors (Lipinski definition) is 5. The van der Waals surface area contributed by atoms with Crippen LogP contribution in [0.1, 0.15) is 10.4 Å². The molecule has 0 bridgehead atoms. The Morgan fingerprint density at radius 3 is 2.08 bits per heavy atom. The van der Waals surface area contributed by atoms with E-state index in [4.69, 9.17) is 0 Å². The molecule has 1 nitrogen and oxygen atoms in total. The van der Waals surface area contributed by atoms with Crippen molar-refractivity contribution in [2.45, 2.75) is 19.6 Å². The molecule has 0 radical (unpaired) electrons. The molecule has 0 aromatic heterocycles. The molecule has 0 atom stereocenters. The number of carbonyl (C=O) groups excluding carboxylic acids is 1. The normalized spacial score (nSPS) is 10.0. The summed E-state index contributed by atoms with van der Waals surface area (Å²) in [5.74, 6) is 0. The van der Waals surface area contributed by atoms with Gasteiger partial charge in [0.25, 0.3) is 0 Å². The maximum Gasteiger partial charge on any atom is 0.151 e. The van der Waals surface area contributed by atoms with Gasteiger partial charge in [-0.15, -0.1) is 50.5 Å². The Kier molecular flexibility index (Phi) is 3.46. The molecule has 5 heteroatoms. The van der Waals surface area contributed by atoms with Gasteiger partial charge in [-0.25, -0.2) is 0 Å². The van der Waals surface area contributed by atoms with Gasteiger partial charge in [-0.2, -0.15) is 0 Å². The van der Waals surface area contributed by atoms with Crippen molar-refractivity contribution in [2.75, 3.05) is 0 Å². The summed E-state index contributed by atoms with van der Waals surface area (Å²) >= 11 is 16.5. The Bertz CT molecular complexity index is 335. The molecule has 1 aromatic rings. The summed E-state index contributed by atoms with van der Waals surface area (Å²) in [7, 11) is 0. The van der Waals surface area contributed by atoms with Gasteiger partial charge in [0.15, 0.2) is 6.29 Å². The zero-order valence-corrected chi connectivity index (χ0v) is 9.43. The number of rotatable bonds is 1. The van der Waals surface area contributed by atoms with E-state index in [1.165, 1.54) is 0 Å². The summed E-state index contributed by atoms with van der Waals surface area (Å²) in [4.78, 5) is 12.9. The van der Waals surface area contributed by atoms with E-state index in [0.29, 0.717) is 25.1 Å². The van der Waals surface area contributed by atoms with Crippen LogP contribution in [0.2, 0.25) is 0 Å². The SMILES string of the molecule is O=Cc1cc(S)c(S)c(S)c1S. The molecular weight excluding hydrogens is 228 g/mol. The zero-order valence-electron chi connectivity index (χ0n) is 5.85. The molecule has 0 unspecified atom stereocenters. The summed E-state index contributed by atoms with van der Waals surface area (Å²) in [5.41, 5.74) is 0.478. The zero-order chi connectivity index (χ0) is 9.30. The second-order valence-electron chi connectivity index (χ2n) is 2.15. The minimum atomic E-state index is 0.478. The Morgan fingerprint density at radius 1 is 1.00 bits per heavy atom. The highest BCUT2D eigenvalue weighted by atomic mass is 32.1. The van der Waals surface area contributed by atoms with Crippen molar-refractivity contribution < 1.29 is 4.79 Å². The third-order valence-electron chi connectivity index (χ3n) is 1.38. The quantitative estimate of drug-likeness (QED) is 0.434. The number of carbonyl (C=O) groups is 1. The lowest BCUT2D eigenvalue weighted by atomic mass is 10.2. The second kappa shape index (κ2) is 4.00. The topological polar surface area (TPSA) is 17.1 Å². The van der Waals surface area contributed by atoms with E-state index >= 15 is 0 Å². The first-order valence-corrected chi connectivity index (χ1v) is 4.79. The van der Waals surface area contributed by atoms with Crippen molar-refractivity contribution in [1.82, 2.24) is 0 Å². The fourth-order valence-electron chi connectivity index (χ4n) is 0.744. The standard InChI is InChI=1S/C7H6OS4/c8-2-3-1-4(9)6(11)7(12)5(3)10/h1-2,9-12H. The lowest BCUT2D eigenvalue weighted by molar-refractivity contribution is 0.112. The largest absolute Gasteiger partial charge is 0.298 e. The van der Waals surface area contributed by atoms with Gasteiger partial charge in [0, 0.05) is 25.1 Å². The van der Waals surface area contributed by atoms with Crippen LogP contribution in [0, 0.1) is 0 Å². The second-order valence-corrected chi connectivity index (χ2v) is 3.97. The van der Waals surface area contributed by atoms with E-state index in [-0.39, 0.29) is 0 Å². The van der Waals surface area contributed by atoms with Crippen molar-refractivity contribution >= 4 is 56.8 Å². The molecule has 0 heterocycles. The van der Waals surface area contributed by atoms with Gasteiger partial charge < -0.3 is 0 Å². The highest BCUT2D eigenvalue weighted by Crippen LogP contribution is 2.32. The molecule has 0 amide bonds. The molecule has 0 saturated heterocycles. The first-order valence-electron chi connectivity index (χ1n) is 3.00. The van der Waals surface area contributed by atoms with E-state index in [1.807, 2.05) is 0 Å². The van der Waals surface area contributed by atoms with E-state index in [0.717, 1.165) is 6.29 Å². The van der Waals surface area contributed by atoms with Crippen molar-refractivity contribution in [2.24, 2.45) is 0 Å². The molecule has 1 rings (SSSR count). The lowest BCUT2D eigenvalue weighted by Gasteiger charge is -2.06. The van der Waals surface area contributed by atoms with Crippen LogP contribution >= 0.6 is 50.5 Å². The first kappa shape index (κ1) is 10.4. The highest BCUT2D eigenvalue weighted by Gasteiger charge is 2.08. The van der Waals surface area contributed by atoms with Crippen molar-refractivity contribution in [1.29, 1.82) is 0 Å². The van der Waals surface area contributed by atoms with Gasteiger partial charge in [-0.1, -0.05) is 0 Å². The minimum Gasteiger partial charge on any atom is -0.298 e. The third kappa shape index (κ3) is 1.79. The molecule has 0 aliphatic rings. The molecule has 0 aliphatic carbocycles. The van der Waals surface area contributed by atoms with Crippen molar-refractivity contribution in [3.63, 3.8) is 0 Å². The number of aldehydes is 1. The number of thiol groups is 4. The van der Waals surface area contributed by atoms with Crippen LogP contribution in [0.4, 0.5) is 0 Å². The monoisotopic (exact) mass is 234 g/mol. The van der Waals surface area contributed by atoms with Crippen molar-refractivity contribution in [3.8, 4) is 0 Å². The molecule has 0 fully saturated rings. The Balaban J connectivity index is 3.49. The summed E-state index contributed by atoms with van der Waals surface area (Å²) in [6.07, 6.45) is 0.717. The van der Waals surface area contributed by atoms with E-state index in [1.54, 1.807) is 6.07 Å². The van der Waals surface area contributed by atoms with Crippen LogP contribution in [-0.4, -0.2) is 6.29 Å². The number of benzene rings is 1. The first-order chi connectivity index (χ1) is 5.57. The van der Waals surface area contributed by atoms with Gasteiger partial charge in [0.05, 0.1) is 0 Å². The van der Waals surface area contributed by atoms with E-state index in [9.17, 15) is 4.79 Å². The van der Waals surface area contributed by atoms with Gasteiger partial charge in [-0.3, -0.25) is 4.79 Å². The Morgan fingerprint density at radius 2 is 1.58 bits per heavy atom. The molecule has 0 spiro atoms. The predicted octanol–water partition coefficient (Wildman–Crippen LogP) is 2.65. The molecule has 1 aromatic carbocycles. The van der Waals surface area contributed by atoms with Gasteiger partial charge in [0.1, 0.15) is 0 Å². The van der Waals surface area contributed by atoms with Crippen LogP contribution < -0.4 is 0 Å². The summed E-state index contributed by atoms with van der Waals surface area (Å²) in [6, 6.07) is 1.61. The molecule has 0 saturated carbocycles. The third-order valence-corrected chi connectivity index (χ3v) is 3.66.